The number of nitriles is 1. The number of carbonyl (C=O) groups excluding carboxylic acids is 2. The third kappa shape index (κ3) is 5.27. The summed E-state index contributed by atoms with van der Waals surface area (Å²) in [5.74, 6) is -1.34. The van der Waals surface area contributed by atoms with E-state index in [1.807, 2.05) is 6.07 Å². The zero-order valence-electron chi connectivity index (χ0n) is 15.2. The molecular formula is C22H19FN2O3. The van der Waals surface area contributed by atoms with Gasteiger partial charge in [-0.2, -0.15) is 5.26 Å². The van der Waals surface area contributed by atoms with Gasteiger partial charge in [0, 0.05) is 24.2 Å². The monoisotopic (exact) mass is 378 g/mol. The summed E-state index contributed by atoms with van der Waals surface area (Å²) in [6.45, 7) is -0.226. The van der Waals surface area contributed by atoms with Crippen molar-refractivity contribution in [3.05, 3.63) is 77.1 Å². The maximum Gasteiger partial charge on any atom is 0.331 e. The summed E-state index contributed by atoms with van der Waals surface area (Å²) in [6.07, 6.45) is 4.51. The number of rotatable bonds is 7. The lowest BCUT2D eigenvalue weighted by Crippen LogP contribution is -2.36. The van der Waals surface area contributed by atoms with Gasteiger partial charge in [-0.3, -0.25) is 4.79 Å². The fraction of sp³-hybridized carbons (Fsp3) is 0.227. The van der Waals surface area contributed by atoms with Crippen LogP contribution in [0.4, 0.5) is 4.39 Å². The van der Waals surface area contributed by atoms with Crippen LogP contribution in [-0.4, -0.2) is 29.4 Å². The number of benzene rings is 2. The van der Waals surface area contributed by atoms with Crippen LogP contribution in [0.2, 0.25) is 0 Å². The van der Waals surface area contributed by atoms with E-state index in [2.05, 4.69) is 0 Å². The van der Waals surface area contributed by atoms with Crippen molar-refractivity contribution < 1.29 is 18.7 Å². The molecule has 0 aromatic heterocycles. The number of amides is 1. The molecule has 5 nitrogen and oxygen atoms in total. The van der Waals surface area contributed by atoms with Crippen LogP contribution in [0.15, 0.2) is 54.6 Å². The summed E-state index contributed by atoms with van der Waals surface area (Å²) in [4.78, 5) is 25.9. The van der Waals surface area contributed by atoms with Gasteiger partial charge >= 0.3 is 5.97 Å². The molecule has 0 atom stereocenters. The van der Waals surface area contributed by atoms with E-state index in [9.17, 15) is 14.0 Å². The average molecular weight is 378 g/mol. The summed E-state index contributed by atoms with van der Waals surface area (Å²) in [7, 11) is 0. The van der Waals surface area contributed by atoms with Crippen LogP contribution in [-0.2, 0) is 20.9 Å². The SMILES string of the molecule is N#Cc1ccc(/C=C/C(=O)OCC(=O)N(Cc2ccccc2F)C2CC2)cc1. The van der Waals surface area contributed by atoms with Crippen LogP contribution in [0.1, 0.15) is 29.5 Å². The van der Waals surface area contributed by atoms with Gasteiger partial charge in [0.1, 0.15) is 5.82 Å². The minimum absolute atomic E-state index is 0.0694. The summed E-state index contributed by atoms with van der Waals surface area (Å²) in [5, 5.41) is 8.77. The van der Waals surface area contributed by atoms with E-state index in [-0.39, 0.29) is 30.9 Å². The number of hydrogen-bond acceptors (Lipinski definition) is 4. The second-order valence-electron chi connectivity index (χ2n) is 6.52. The number of halogens is 1. The quantitative estimate of drug-likeness (QED) is 0.547. The van der Waals surface area contributed by atoms with Crippen molar-refractivity contribution in [2.24, 2.45) is 0 Å². The first-order valence-electron chi connectivity index (χ1n) is 8.94. The van der Waals surface area contributed by atoms with Gasteiger partial charge in [0.25, 0.3) is 5.91 Å². The Balaban J connectivity index is 1.54. The Morgan fingerprint density at radius 2 is 1.89 bits per heavy atom. The minimum Gasteiger partial charge on any atom is -0.452 e. The Bertz CT molecular complexity index is 928. The fourth-order valence-corrected chi connectivity index (χ4v) is 2.71. The standard InChI is InChI=1S/C22H19FN2O3/c23-20-4-2-1-3-18(20)14-25(19-10-11-19)21(26)15-28-22(27)12-9-16-5-7-17(13-24)8-6-16/h1-9,12,19H,10-11,14-15H2/b12-9+. The van der Waals surface area contributed by atoms with Crippen LogP contribution in [0.3, 0.4) is 0 Å². The van der Waals surface area contributed by atoms with E-state index in [1.165, 1.54) is 12.1 Å². The van der Waals surface area contributed by atoms with E-state index in [0.717, 1.165) is 18.4 Å². The van der Waals surface area contributed by atoms with E-state index in [4.69, 9.17) is 10.00 Å². The molecule has 0 saturated heterocycles. The molecule has 1 aliphatic rings. The first-order valence-corrected chi connectivity index (χ1v) is 8.94. The minimum atomic E-state index is -0.639. The molecule has 1 amide bonds. The normalized spacial score (nSPS) is 13.1. The van der Waals surface area contributed by atoms with Gasteiger partial charge in [-0.1, -0.05) is 30.3 Å². The maximum atomic E-state index is 13.9. The first kappa shape index (κ1) is 19.3. The lowest BCUT2D eigenvalue weighted by atomic mass is 10.1. The van der Waals surface area contributed by atoms with Crippen LogP contribution < -0.4 is 0 Å². The smallest absolute Gasteiger partial charge is 0.331 e. The predicted octanol–water partition coefficient (Wildman–Crippen LogP) is 3.44. The zero-order chi connectivity index (χ0) is 19.9. The van der Waals surface area contributed by atoms with Crippen molar-refractivity contribution in [3.63, 3.8) is 0 Å². The molecule has 142 valence electrons. The van der Waals surface area contributed by atoms with Gasteiger partial charge in [0.2, 0.25) is 0 Å². The molecule has 2 aromatic rings. The highest BCUT2D eigenvalue weighted by atomic mass is 19.1. The molecule has 0 radical (unpaired) electrons. The van der Waals surface area contributed by atoms with Gasteiger partial charge in [-0.25, -0.2) is 9.18 Å². The van der Waals surface area contributed by atoms with Crippen molar-refractivity contribution >= 4 is 18.0 Å². The molecule has 1 aliphatic carbocycles. The van der Waals surface area contributed by atoms with Crippen LogP contribution in [0, 0.1) is 17.1 Å². The molecule has 1 saturated carbocycles. The number of nitrogens with zero attached hydrogens (tertiary/aromatic N) is 2. The second kappa shape index (κ2) is 8.96. The third-order valence-corrected chi connectivity index (χ3v) is 4.40. The Labute approximate surface area is 162 Å². The molecule has 1 fully saturated rings. The molecule has 3 rings (SSSR count). The van der Waals surface area contributed by atoms with E-state index in [0.29, 0.717) is 11.1 Å². The lowest BCUT2D eigenvalue weighted by Gasteiger charge is -2.22. The maximum absolute atomic E-state index is 13.9. The zero-order valence-corrected chi connectivity index (χ0v) is 15.2. The molecule has 6 heteroatoms. The van der Waals surface area contributed by atoms with E-state index in [1.54, 1.807) is 53.4 Å². The number of esters is 1. The number of ether oxygens (including phenoxy) is 1. The van der Waals surface area contributed by atoms with Gasteiger partial charge < -0.3 is 9.64 Å². The summed E-state index contributed by atoms with van der Waals surface area (Å²) >= 11 is 0. The van der Waals surface area contributed by atoms with Crippen molar-refractivity contribution in [1.29, 1.82) is 5.26 Å². The summed E-state index contributed by atoms with van der Waals surface area (Å²) < 4.78 is 18.9. The highest BCUT2D eigenvalue weighted by Crippen LogP contribution is 2.29. The molecule has 28 heavy (non-hydrogen) atoms. The van der Waals surface area contributed by atoms with Gasteiger partial charge in [-0.05, 0) is 42.7 Å². The number of carbonyl (C=O) groups is 2. The highest BCUT2D eigenvalue weighted by molar-refractivity contribution is 5.89. The highest BCUT2D eigenvalue weighted by Gasteiger charge is 2.33. The molecular weight excluding hydrogens is 359 g/mol. The van der Waals surface area contributed by atoms with Gasteiger partial charge in [-0.15, -0.1) is 0 Å². The Morgan fingerprint density at radius 3 is 2.54 bits per heavy atom. The molecule has 0 aliphatic heterocycles. The van der Waals surface area contributed by atoms with Crippen molar-refractivity contribution in [2.45, 2.75) is 25.4 Å². The van der Waals surface area contributed by atoms with Crippen molar-refractivity contribution in [2.75, 3.05) is 6.61 Å². The predicted molar refractivity (Wildman–Crippen MR) is 101 cm³/mol. The Morgan fingerprint density at radius 1 is 1.18 bits per heavy atom. The van der Waals surface area contributed by atoms with E-state index >= 15 is 0 Å². The van der Waals surface area contributed by atoms with Gasteiger partial charge in [0.15, 0.2) is 6.61 Å². The molecule has 0 heterocycles. The largest absolute Gasteiger partial charge is 0.452 e. The summed E-state index contributed by atoms with van der Waals surface area (Å²) in [6, 6.07) is 15.1. The molecule has 0 bridgehead atoms. The molecule has 0 spiro atoms. The second-order valence-corrected chi connectivity index (χ2v) is 6.52. The van der Waals surface area contributed by atoms with Gasteiger partial charge in [0.05, 0.1) is 11.6 Å². The topological polar surface area (TPSA) is 70.4 Å². The molecule has 0 unspecified atom stereocenters. The Hall–Kier alpha value is -3.46. The average Bonchev–Trinajstić information content (AvgIpc) is 3.55. The first-order chi connectivity index (χ1) is 13.6. The van der Waals surface area contributed by atoms with E-state index < -0.39 is 5.97 Å². The fourth-order valence-electron chi connectivity index (χ4n) is 2.71. The van der Waals surface area contributed by atoms with Crippen LogP contribution in [0.5, 0.6) is 0 Å². The van der Waals surface area contributed by atoms with Crippen molar-refractivity contribution in [1.82, 2.24) is 4.90 Å². The Kier molecular flexibility index (Phi) is 6.18. The molecule has 2 aromatic carbocycles. The summed E-state index contributed by atoms with van der Waals surface area (Å²) in [5.41, 5.74) is 1.71. The lowest BCUT2D eigenvalue weighted by molar-refractivity contribution is -0.148. The third-order valence-electron chi connectivity index (χ3n) is 4.40. The number of hydrogen-bond donors (Lipinski definition) is 0. The van der Waals surface area contributed by atoms with Crippen LogP contribution in [0.25, 0.3) is 6.08 Å². The molecule has 0 N–H and O–H groups in total. The van der Waals surface area contributed by atoms with Crippen molar-refractivity contribution in [3.8, 4) is 6.07 Å². The van der Waals surface area contributed by atoms with Crippen LogP contribution >= 0.6 is 0 Å².